The number of nitrogens with two attached hydrogens (primary N) is 1. The number of hydrogen-bond donors (Lipinski definition) is 2. The van der Waals surface area contributed by atoms with Crippen molar-refractivity contribution in [2.45, 2.75) is 13.0 Å². The van der Waals surface area contributed by atoms with Gasteiger partial charge >= 0.3 is 0 Å². The van der Waals surface area contributed by atoms with Crippen molar-refractivity contribution >= 4 is 17.4 Å². The van der Waals surface area contributed by atoms with Crippen molar-refractivity contribution in [3.05, 3.63) is 29.0 Å². The zero-order chi connectivity index (χ0) is 14.1. The molecule has 0 unspecified atom stereocenters. The molecule has 19 heavy (non-hydrogen) atoms. The molecule has 3 N–H and O–H groups in total. The summed E-state index contributed by atoms with van der Waals surface area (Å²) in [6, 6.07) is 1.88. The van der Waals surface area contributed by atoms with Gasteiger partial charge in [-0.25, -0.2) is 0 Å². The number of pyridine rings is 1. The van der Waals surface area contributed by atoms with Crippen LogP contribution < -0.4 is 5.73 Å². The third-order valence-corrected chi connectivity index (χ3v) is 3.01. The molecule has 1 aromatic heterocycles. The zero-order valence-corrected chi connectivity index (χ0v) is 11.7. The fraction of sp³-hybridized carbons (Fsp3) is 0.500. The van der Waals surface area contributed by atoms with Crippen LogP contribution in [0.2, 0.25) is 5.02 Å². The largest absolute Gasteiger partial charge is 0.409 e. The fourth-order valence-corrected chi connectivity index (χ4v) is 1.77. The van der Waals surface area contributed by atoms with E-state index in [1.807, 2.05) is 6.07 Å². The lowest BCUT2D eigenvalue weighted by atomic mass is 10.2. The maximum atomic E-state index is 8.55. The first-order chi connectivity index (χ1) is 9.17. The van der Waals surface area contributed by atoms with Crippen molar-refractivity contribution in [2.24, 2.45) is 10.9 Å². The molecule has 1 heterocycles. The molecular weight excluding hydrogens is 268 g/mol. The van der Waals surface area contributed by atoms with Gasteiger partial charge in [0.2, 0.25) is 0 Å². The van der Waals surface area contributed by atoms with Crippen LogP contribution in [0.1, 0.15) is 12.0 Å². The first-order valence-corrected chi connectivity index (χ1v) is 6.31. The van der Waals surface area contributed by atoms with Gasteiger partial charge in [-0.1, -0.05) is 16.8 Å². The zero-order valence-electron chi connectivity index (χ0n) is 10.9. The first-order valence-electron chi connectivity index (χ1n) is 5.93. The average Bonchev–Trinajstić information content (AvgIpc) is 2.43. The molecule has 0 saturated heterocycles. The molecular formula is C12H19ClN4O2. The summed E-state index contributed by atoms with van der Waals surface area (Å²) in [5, 5.41) is 12.1. The third-order valence-electron chi connectivity index (χ3n) is 2.67. The monoisotopic (exact) mass is 286 g/mol. The van der Waals surface area contributed by atoms with Gasteiger partial charge in [-0.15, -0.1) is 0 Å². The summed E-state index contributed by atoms with van der Waals surface area (Å²) < 4.78 is 5.08. The Morgan fingerprint density at radius 2 is 2.37 bits per heavy atom. The molecule has 0 aromatic carbocycles. The van der Waals surface area contributed by atoms with Crippen LogP contribution in [0.15, 0.2) is 23.6 Å². The van der Waals surface area contributed by atoms with Gasteiger partial charge in [0.1, 0.15) is 5.84 Å². The van der Waals surface area contributed by atoms with Gasteiger partial charge in [-0.3, -0.25) is 9.88 Å². The molecule has 1 aromatic rings. The van der Waals surface area contributed by atoms with E-state index in [1.165, 1.54) is 0 Å². The fourth-order valence-electron chi connectivity index (χ4n) is 1.59. The highest BCUT2D eigenvalue weighted by Crippen LogP contribution is 2.15. The number of nitrogens with zero attached hydrogens (tertiary/aromatic N) is 3. The molecule has 0 saturated carbocycles. The van der Waals surface area contributed by atoms with Gasteiger partial charge in [-0.05, 0) is 11.6 Å². The molecule has 0 aliphatic rings. The summed E-state index contributed by atoms with van der Waals surface area (Å²) >= 11 is 6.08. The van der Waals surface area contributed by atoms with Crippen LogP contribution in [0.5, 0.6) is 0 Å². The second-order valence-electron chi connectivity index (χ2n) is 4.08. The lowest BCUT2D eigenvalue weighted by Crippen LogP contribution is -2.31. The van der Waals surface area contributed by atoms with Crippen LogP contribution in [0.3, 0.4) is 0 Å². The minimum absolute atomic E-state index is 0.211. The minimum Gasteiger partial charge on any atom is -0.409 e. The molecule has 6 nitrogen and oxygen atoms in total. The van der Waals surface area contributed by atoms with E-state index in [9.17, 15) is 0 Å². The Morgan fingerprint density at radius 1 is 1.58 bits per heavy atom. The van der Waals surface area contributed by atoms with Gasteiger partial charge in [0.15, 0.2) is 0 Å². The van der Waals surface area contributed by atoms with Crippen molar-refractivity contribution in [3.8, 4) is 0 Å². The number of amidine groups is 1. The van der Waals surface area contributed by atoms with Gasteiger partial charge in [0, 0.05) is 45.6 Å². The highest BCUT2D eigenvalue weighted by Gasteiger charge is 2.09. The molecule has 0 atom stereocenters. The lowest BCUT2D eigenvalue weighted by Gasteiger charge is -2.22. The summed E-state index contributed by atoms with van der Waals surface area (Å²) in [4.78, 5) is 6.08. The average molecular weight is 287 g/mol. The van der Waals surface area contributed by atoms with Crippen LogP contribution in [-0.4, -0.2) is 47.7 Å². The number of hydrogen-bond acceptors (Lipinski definition) is 5. The highest BCUT2D eigenvalue weighted by molar-refractivity contribution is 6.31. The Kier molecular flexibility index (Phi) is 7.17. The van der Waals surface area contributed by atoms with E-state index in [1.54, 1.807) is 19.5 Å². The quantitative estimate of drug-likeness (QED) is 0.326. The van der Waals surface area contributed by atoms with E-state index in [0.29, 0.717) is 31.1 Å². The Bertz CT molecular complexity index is 414. The van der Waals surface area contributed by atoms with Crippen molar-refractivity contribution in [2.75, 3.05) is 26.8 Å². The van der Waals surface area contributed by atoms with E-state index in [-0.39, 0.29) is 5.84 Å². The second-order valence-corrected chi connectivity index (χ2v) is 4.48. The summed E-state index contributed by atoms with van der Waals surface area (Å²) in [6.07, 6.45) is 3.82. The SMILES string of the molecule is COCCN(CCC(N)=NO)Cc1ccncc1Cl. The molecule has 0 amide bonds. The van der Waals surface area contributed by atoms with E-state index in [4.69, 9.17) is 27.3 Å². The van der Waals surface area contributed by atoms with E-state index >= 15 is 0 Å². The molecule has 0 bridgehead atoms. The summed E-state index contributed by atoms with van der Waals surface area (Å²) in [7, 11) is 1.65. The molecule has 0 spiro atoms. The van der Waals surface area contributed by atoms with Crippen molar-refractivity contribution in [1.82, 2.24) is 9.88 Å². The number of aromatic nitrogens is 1. The third kappa shape index (κ3) is 5.87. The first kappa shape index (κ1) is 15.7. The molecule has 1 rings (SSSR count). The van der Waals surface area contributed by atoms with Gasteiger partial charge < -0.3 is 15.7 Å². The van der Waals surface area contributed by atoms with Crippen molar-refractivity contribution < 1.29 is 9.94 Å². The van der Waals surface area contributed by atoms with Crippen LogP contribution in [0, 0.1) is 0 Å². The second kappa shape index (κ2) is 8.68. The molecule has 0 aliphatic heterocycles. The normalized spacial score (nSPS) is 12.1. The van der Waals surface area contributed by atoms with Crippen LogP contribution in [0.25, 0.3) is 0 Å². The Balaban J connectivity index is 2.61. The maximum Gasteiger partial charge on any atom is 0.140 e. The van der Waals surface area contributed by atoms with E-state index in [2.05, 4.69) is 15.0 Å². The smallest absolute Gasteiger partial charge is 0.140 e. The van der Waals surface area contributed by atoms with E-state index < -0.39 is 0 Å². The van der Waals surface area contributed by atoms with Crippen molar-refractivity contribution in [1.29, 1.82) is 0 Å². The van der Waals surface area contributed by atoms with Crippen LogP contribution >= 0.6 is 11.6 Å². The molecule has 106 valence electrons. The number of halogens is 1. The van der Waals surface area contributed by atoms with E-state index in [0.717, 1.165) is 12.1 Å². The molecule has 0 fully saturated rings. The topological polar surface area (TPSA) is 84.0 Å². The molecule has 7 heteroatoms. The summed E-state index contributed by atoms with van der Waals surface area (Å²) in [5.41, 5.74) is 6.47. The number of ether oxygens (including phenoxy) is 1. The Labute approximate surface area is 117 Å². The van der Waals surface area contributed by atoms with Crippen LogP contribution in [0.4, 0.5) is 0 Å². The van der Waals surface area contributed by atoms with Gasteiger partial charge in [-0.2, -0.15) is 0 Å². The predicted octanol–water partition coefficient (Wildman–Crippen LogP) is 1.32. The maximum absolute atomic E-state index is 8.55. The molecule has 0 aliphatic carbocycles. The summed E-state index contributed by atoms with van der Waals surface area (Å²) in [6.45, 7) is 2.69. The van der Waals surface area contributed by atoms with Crippen molar-refractivity contribution in [3.63, 3.8) is 0 Å². The number of rotatable bonds is 8. The summed E-state index contributed by atoms with van der Waals surface area (Å²) in [5.74, 6) is 0.211. The minimum atomic E-state index is 0.211. The van der Waals surface area contributed by atoms with Gasteiger partial charge in [0.05, 0.1) is 11.6 Å². The van der Waals surface area contributed by atoms with Crippen LogP contribution in [-0.2, 0) is 11.3 Å². The Hall–Kier alpha value is -1.37. The predicted molar refractivity (Wildman–Crippen MR) is 74.4 cm³/mol. The number of methoxy groups -OCH3 is 1. The molecule has 0 radical (unpaired) electrons. The lowest BCUT2D eigenvalue weighted by molar-refractivity contribution is 0.145. The Morgan fingerprint density at radius 3 is 3.00 bits per heavy atom. The standard InChI is InChI=1S/C12H19ClN4O2/c1-19-7-6-17(5-3-12(14)16-18)9-10-2-4-15-8-11(10)13/h2,4,8,18H,3,5-7,9H2,1H3,(H2,14,16). The number of oxime groups is 1. The van der Waals surface area contributed by atoms with Gasteiger partial charge in [0.25, 0.3) is 0 Å². The highest BCUT2D eigenvalue weighted by atomic mass is 35.5.